The number of nitrogens with zero attached hydrogens (tertiary/aromatic N) is 3. The Labute approximate surface area is 182 Å². The number of carbonyl (C=O) groups is 1. The molecule has 0 atom stereocenters. The minimum absolute atomic E-state index is 0.000399. The smallest absolute Gasteiger partial charge is 0.254 e. The first kappa shape index (κ1) is 21.0. The minimum Gasteiger partial charge on any atom is -0.489 e. The van der Waals surface area contributed by atoms with Gasteiger partial charge < -0.3 is 9.64 Å². The third-order valence-electron chi connectivity index (χ3n) is 5.44. The van der Waals surface area contributed by atoms with Crippen molar-refractivity contribution < 1.29 is 13.9 Å². The third-order valence-corrected chi connectivity index (χ3v) is 5.44. The number of rotatable bonds is 6. The van der Waals surface area contributed by atoms with E-state index >= 15 is 0 Å². The highest BCUT2D eigenvalue weighted by Gasteiger charge is 2.21. The summed E-state index contributed by atoms with van der Waals surface area (Å²) >= 11 is 0. The van der Waals surface area contributed by atoms with Gasteiger partial charge in [0, 0.05) is 61.8 Å². The van der Waals surface area contributed by atoms with Crippen LogP contribution in [0.15, 0.2) is 73.1 Å². The van der Waals surface area contributed by atoms with E-state index in [2.05, 4.69) is 9.88 Å². The van der Waals surface area contributed by atoms with E-state index in [1.165, 1.54) is 6.07 Å². The number of hydrogen-bond donors (Lipinski definition) is 0. The first-order valence-electron chi connectivity index (χ1n) is 10.6. The van der Waals surface area contributed by atoms with Gasteiger partial charge in [0.25, 0.3) is 5.91 Å². The number of ether oxygens (including phenoxy) is 1. The zero-order chi connectivity index (χ0) is 21.5. The SMILES string of the molecule is O=C(c1cccc(OCc2cccnc2)c1)N1CCCN(Cc2ccccc2F)CC1. The molecule has 0 bridgehead atoms. The molecule has 3 aromatic rings. The Morgan fingerprint density at radius 1 is 1.00 bits per heavy atom. The summed E-state index contributed by atoms with van der Waals surface area (Å²) in [4.78, 5) is 21.2. The van der Waals surface area contributed by atoms with E-state index in [0.717, 1.165) is 25.1 Å². The molecule has 0 saturated carbocycles. The van der Waals surface area contributed by atoms with Crippen LogP contribution in [-0.2, 0) is 13.2 Å². The van der Waals surface area contributed by atoms with Gasteiger partial charge in [-0.15, -0.1) is 0 Å². The average Bonchev–Trinajstić information content (AvgIpc) is 3.05. The van der Waals surface area contributed by atoms with Crippen molar-refractivity contribution in [3.63, 3.8) is 0 Å². The summed E-state index contributed by atoms with van der Waals surface area (Å²) in [6.45, 7) is 3.83. The lowest BCUT2D eigenvalue weighted by atomic mass is 10.2. The van der Waals surface area contributed by atoms with E-state index in [1.54, 1.807) is 24.5 Å². The maximum absolute atomic E-state index is 14.0. The highest BCUT2D eigenvalue weighted by atomic mass is 19.1. The standard InChI is InChI=1S/C25H26FN3O2/c26-24-10-2-1-7-22(24)18-28-12-5-13-29(15-14-28)25(30)21-8-3-9-23(16-21)31-19-20-6-4-11-27-17-20/h1-4,6-11,16-17H,5,12-15,18-19H2. The fraction of sp³-hybridized carbons (Fsp3) is 0.280. The van der Waals surface area contributed by atoms with Gasteiger partial charge in [-0.25, -0.2) is 4.39 Å². The van der Waals surface area contributed by atoms with Gasteiger partial charge in [-0.1, -0.05) is 30.3 Å². The molecule has 0 unspecified atom stereocenters. The van der Waals surface area contributed by atoms with Crippen LogP contribution in [0.25, 0.3) is 0 Å². The Morgan fingerprint density at radius 3 is 2.74 bits per heavy atom. The summed E-state index contributed by atoms with van der Waals surface area (Å²) in [7, 11) is 0. The summed E-state index contributed by atoms with van der Waals surface area (Å²) in [5.74, 6) is 0.480. The number of pyridine rings is 1. The van der Waals surface area contributed by atoms with Crippen molar-refractivity contribution in [2.45, 2.75) is 19.6 Å². The maximum Gasteiger partial charge on any atom is 0.254 e. The molecule has 2 aromatic carbocycles. The largest absolute Gasteiger partial charge is 0.489 e. The highest BCUT2D eigenvalue weighted by Crippen LogP contribution is 2.18. The van der Waals surface area contributed by atoms with E-state index in [0.29, 0.717) is 43.1 Å². The van der Waals surface area contributed by atoms with Crippen LogP contribution in [0.1, 0.15) is 27.9 Å². The Bertz CT molecular complexity index is 1010. The monoisotopic (exact) mass is 419 g/mol. The van der Waals surface area contributed by atoms with Crippen molar-refractivity contribution >= 4 is 5.91 Å². The summed E-state index contributed by atoms with van der Waals surface area (Å²) in [5.41, 5.74) is 2.29. The quantitative estimate of drug-likeness (QED) is 0.602. The van der Waals surface area contributed by atoms with Gasteiger partial charge in [0.2, 0.25) is 0 Å². The van der Waals surface area contributed by atoms with Crippen molar-refractivity contribution in [1.82, 2.24) is 14.8 Å². The minimum atomic E-state index is -0.178. The van der Waals surface area contributed by atoms with Gasteiger partial charge in [-0.05, 0) is 36.8 Å². The lowest BCUT2D eigenvalue weighted by Crippen LogP contribution is -2.35. The number of amides is 1. The molecule has 4 rings (SSSR count). The average molecular weight is 420 g/mol. The second-order valence-corrected chi connectivity index (χ2v) is 7.69. The van der Waals surface area contributed by atoms with E-state index in [-0.39, 0.29) is 11.7 Å². The van der Waals surface area contributed by atoms with Crippen molar-refractivity contribution in [3.05, 3.63) is 95.6 Å². The van der Waals surface area contributed by atoms with Crippen molar-refractivity contribution in [1.29, 1.82) is 0 Å². The summed E-state index contributed by atoms with van der Waals surface area (Å²) in [6.07, 6.45) is 4.35. The van der Waals surface area contributed by atoms with Gasteiger partial charge in [-0.3, -0.25) is 14.7 Å². The molecule has 0 aliphatic carbocycles. The maximum atomic E-state index is 14.0. The zero-order valence-electron chi connectivity index (χ0n) is 17.4. The molecule has 1 aromatic heterocycles. The molecule has 1 fully saturated rings. The molecule has 1 aliphatic rings. The van der Waals surface area contributed by atoms with Crippen molar-refractivity contribution in [2.24, 2.45) is 0 Å². The topological polar surface area (TPSA) is 45.7 Å². The molecule has 31 heavy (non-hydrogen) atoms. The molecule has 6 heteroatoms. The Balaban J connectivity index is 1.35. The van der Waals surface area contributed by atoms with Crippen LogP contribution in [0.4, 0.5) is 4.39 Å². The van der Waals surface area contributed by atoms with Crippen molar-refractivity contribution in [2.75, 3.05) is 26.2 Å². The van der Waals surface area contributed by atoms with Crippen LogP contribution in [0.5, 0.6) is 5.75 Å². The summed E-state index contributed by atoms with van der Waals surface area (Å²) in [5, 5.41) is 0. The number of aromatic nitrogens is 1. The predicted molar refractivity (Wildman–Crippen MR) is 117 cm³/mol. The molecule has 0 spiro atoms. The van der Waals surface area contributed by atoms with Crippen LogP contribution in [0.3, 0.4) is 0 Å². The van der Waals surface area contributed by atoms with Crippen LogP contribution in [0, 0.1) is 5.82 Å². The van der Waals surface area contributed by atoms with E-state index in [1.807, 2.05) is 47.4 Å². The normalized spacial score (nSPS) is 14.8. The second-order valence-electron chi connectivity index (χ2n) is 7.69. The van der Waals surface area contributed by atoms with Crippen LogP contribution in [-0.4, -0.2) is 46.9 Å². The first-order valence-corrected chi connectivity index (χ1v) is 10.6. The molecular weight excluding hydrogens is 393 g/mol. The van der Waals surface area contributed by atoms with Crippen molar-refractivity contribution in [3.8, 4) is 5.75 Å². The first-order chi connectivity index (χ1) is 15.2. The van der Waals surface area contributed by atoms with Crippen LogP contribution < -0.4 is 4.74 Å². The fourth-order valence-electron chi connectivity index (χ4n) is 3.75. The highest BCUT2D eigenvalue weighted by molar-refractivity contribution is 5.94. The van der Waals surface area contributed by atoms with Gasteiger partial charge in [0.15, 0.2) is 0 Å². The number of halogens is 1. The Morgan fingerprint density at radius 2 is 1.90 bits per heavy atom. The molecule has 0 N–H and O–H groups in total. The molecule has 2 heterocycles. The molecule has 0 radical (unpaired) electrons. The Kier molecular flexibility index (Phi) is 6.89. The lowest BCUT2D eigenvalue weighted by molar-refractivity contribution is 0.0760. The number of carbonyl (C=O) groups excluding carboxylic acids is 1. The summed E-state index contributed by atoms with van der Waals surface area (Å²) in [6, 6.07) is 18.0. The van der Waals surface area contributed by atoms with E-state index in [9.17, 15) is 9.18 Å². The van der Waals surface area contributed by atoms with Gasteiger partial charge in [0.05, 0.1) is 0 Å². The molecular formula is C25H26FN3O2. The molecule has 5 nitrogen and oxygen atoms in total. The van der Waals surface area contributed by atoms with Gasteiger partial charge in [-0.2, -0.15) is 0 Å². The van der Waals surface area contributed by atoms with Gasteiger partial charge >= 0.3 is 0 Å². The fourth-order valence-corrected chi connectivity index (χ4v) is 3.75. The Hall–Kier alpha value is -3.25. The lowest BCUT2D eigenvalue weighted by Gasteiger charge is -2.22. The third kappa shape index (κ3) is 5.67. The molecule has 1 amide bonds. The van der Waals surface area contributed by atoms with Crippen LogP contribution in [0.2, 0.25) is 0 Å². The van der Waals surface area contributed by atoms with E-state index < -0.39 is 0 Å². The van der Waals surface area contributed by atoms with Crippen LogP contribution >= 0.6 is 0 Å². The molecule has 1 saturated heterocycles. The molecule has 160 valence electrons. The predicted octanol–water partition coefficient (Wildman–Crippen LogP) is 4.15. The van der Waals surface area contributed by atoms with Gasteiger partial charge in [0.1, 0.15) is 18.2 Å². The summed E-state index contributed by atoms with van der Waals surface area (Å²) < 4.78 is 19.8. The number of hydrogen-bond acceptors (Lipinski definition) is 4. The van der Waals surface area contributed by atoms with E-state index in [4.69, 9.17) is 4.74 Å². The second kappa shape index (κ2) is 10.2. The number of benzene rings is 2. The zero-order valence-corrected chi connectivity index (χ0v) is 17.4. The molecule has 1 aliphatic heterocycles.